The molecular weight excluding hydrogens is 462 g/mol. The van der Waals surface area contributed by atoms with Crippen molar-refractivity contribution in [1.82, 2.24) is 4.98 Å². The predicted octanol–water partition coefficient (Wildman–Crippen LogP) is 5.17. The molecule has 0 amide bonds. The molecule has 0 aliphatic heterocycles. The number of ether oxygens (including phenoxy) is 1. The summed E-state index contributed by atoms with van der Waals surface area (Å²) >= 11 is 0. The third kappa shape index (κ3) is 5.91. The van der Waals surface area contributed by atoms with Crippen LogP contribution in [-0.2, 0) is 15.4 Å². The quantitative estimate of drug-likeness (QED) is 0.469. The molecule has 9 heteroatoms. The third-order valence-corrected chi connectivity index (χ3v) is 5.66. The SMILES string of the molecule is COc1c(/C=C/c2ccc(NS(C)(=O)=O)cc2F)cc(-c2cc(F)c[nH]c2=O)cc1C(C)(C)C. The van der Waals surface area contributed by atoms with Gasteiger partial charge in [0.15, 0.2) is 0 Å². The molecule has 0 aliphatic rings. The summed E-state index contributed by atoms with van der Waals surface area (Å²) in [5.74, 6) is -0.668. The molecule has 0 atom stereocenters. The van der Waals surface area contributed by atoms with Gasteiger partial charge in [0.1, 0.15) is 17.4 Å². The van der Waals surface area contributed by atoms with Crippen molar-refractivity contribution < 1.29 is 21.9 Å². The van der Waals surface area contributed by atoms with E-state index in [1.807, 2.05) is 20.8 Å². The van der Waals surface area contributed by atoms with Crippen molar-refractivity contribution in [3.8, 4) is 16.9 Å². The van der Waals surface area contributed by atoms with Gasteiger partial charge in [-0.1, -0.05) is 32.9 Å². The van der Waals surface area contributed by atoms with Crippen LogP contribution in [0.2, 0.25) is 0 Å². The molecule has 0 unspecified atom stereocenters. The predicted molar refractivity (Wildman–Crippen MR) is 132 cm³/mol. The molecule has 0 bridgehead atoms. The first kappa shape index (κ1) is 25.2. The van der Waals surface area contributed by atoms with Gasteiger partial charge in [-0.05, 0) is 47.4 Å². The highest BCUT2D eigenvalue weighted by atomic mass is 32.2. The van der Waals surface area contributed by atoms with E-state index >= 15 is 0 Å². The van der Waals surface area contributed by atoms with E-state index in [9.17, 15) is 22.0 Å². The zero-order valence-corrected chi connectivity index (χ0v) is 20.3. The fourth-order valence-corrected chi connectivity index (χ4v) is 4.06. The van der Waals surface area contributed by atoms with Crippen molar-refractivity contribution in [3.05, 3.63) is 81.3 Å². The van der Waals surface area contributed by atoms with Crippen LogP contribution in [0.15, 0.2) is 47.4 Å². The lowest BCUT2D eigenvalue weighted by atomic mass is 9.83. The Morgan fingerprint density at radius 2 is 1.71 bits per heavy atom. The standard InChI is InChI=1S/C25H26F2N2O4S/c1-25(2,3)21-11-17(20-12-18(26)14-28-24(20)30)10-16(23(21)33-4)7-6-15-8-9-19(13-22(15)27)29-34(5,31)32/h6-14,29H,1-5H3,(H,28,30)/b7-6+. The number of benzene rings is 2. The number of H-pyrrole nitrogens is 1. The number of hydrogen-bond acceptors (Lipinski definition) is 4. The highest BCUT2D eigenvalue weighted by Gasteiger charge is 2.23. The Labute approximate surface area is 197 Å². The van der Waals surface area contributed by atoms with Gasteiger partial charge < -0.3 is 9.72 Å². The van der Waals surface area contributed by atoms with Crippen LogP contribution in [-0.4, -0.2) is 26.8 Å². The monoisotopic (exact) mass is 488 g/mol. The second kappa shape index (κ2) is 9.42. The summed E-state index contributed by atoms with van der Waals surface area (Å²) in [6, 6.07) is 8.59. The van der Waals surface area contributed by atoms with Crippen LogP contribution in [0.1, 0.15) is 37.5 Å². The molecule has 0 aliphatic carbocycles. The number of pyridine rings is 1. The maximum Gasteiger partial charge on any atom is 0.256 e. The summed E-state index contributed by atoms with van der Waals surface area (Å²) < 4.78 is 59.1. The van der Waals surface area contributed by atoms with Crippen LogP contribution in [0.3, 0.4) is 0 Å². The number of anilines is 1. The van der Waals surface area contributed by atoms with E-state index in [1.165, 1.54) is 25.3 Å². The van der Waals surface area contributed by atoms with Gasteiger partial charge in [-0.3, -0.25) is 9.52 Å². The largest absolute Gasteiger partial charge is 0.496 e. The molecule has 180 valence electrons. The lowest BCUT2D eigenvalue weighted by molar-refractivity contribution is 0.397. The molecule has 2 aromatic carbocycles. The molecule has 34 heavy (non-hydrogen) atoms. The number of sulfonamides is 1. The van der Waals surface area contributed by atoms with Crippen molar-refractivity contribution in [2.45, 2.75) is 26.2 Å². The molecule has 1 aromatic heterocycles. The second-order valence-corrected chi connectivity index (χ2v) is 10.6. The summed E-state index contributed by atoms with van der Waals surface area (Å²) in [5.41, 5.74) is 1.49. The van der Waals surface area contributed by atoms with Gasteiger partial charge in [-0.25, -0.2) is 17.2 Å². The summed E-state index contributed by atoms with van der Waals surface area (Å²) in [4.78, 5) is 14.8. The molecule has 0 saturated heterocycles. The lowest BCUT2D eigenvalue weighted by Crippen LogP contribution is -2.15. The van der Waals surface area contributed by atoms with Gasteiger partial charge in [-0.15, -0.1) is 0 Å². The number of halogens is 2. The highest BCUT2D eigenvalue weighted by Crippen LogP contribution is 2.38. The van der Waals surface area contributed by atoms with Crippen molar-refractivity contribution >= 4 is 27.9 Å². The van der Waals surface area contributed by atoms with Crippen molar-refractivity contribution in [1.29, 1.82) is 0 Å². The Morgan fingerprint density at radius 3 is 2.29 bits per heavy atom. The Bertz CT molecular complexity index is 1420. The zero-order chi connectivity index (χ0) is 25.3. The van der Waals surface area contributed by atoms with Crippen LogP contribution < -0.4 is 15.0 Å². The molecule has 0 spiro atoms. The summed E-state index contributed by atoms with van der Waals surface area (Å²) in [7, 11) is -2.02. The molecule has 0 saturated carbocycles. The maximum absolute atomic E-state index is 14.6. The molecule has 0 fully saturated rings. The Balaban J connectivity index is 2.14. The summed E-state index contributed by atoms with van der Waals surface area (Å²) in [5, 5.41) is 0. The van der Waals surface area contributed by atoms with E-state index in [4.69, 9.17) is 4.74 Å². The topological polar surface area (TPSA) is 88.3 Å². The zero-order valence-electron chi connectivity index (χ0n) is 19.5. The average molecular weight is 489 g/mol. The van der Waals surface area contributed by atoms with Crippen molar-refractivity contribution in [3.63, 3.8) is 0 Å². The van der Waals surface area contributed by atoms with Gasteiger partial charge in [0.2, 0.25) is 10.0 Å². The van der Waals surface area contributed by atoms with E-state index in [1.54, 1.807) is 18.2 Å². The first-order chi connectivity index (χ1) is 15.8. The van der Waals surface area contributed by atoms with Crippen LogP contribution in [0, 0.1) is 11.6 Å². The first-order valence-electron chi connectivity index (χ1n) is 10.3. The normalized spacial score (nSPS) is 12.2. The molecule has 3 rings (SSSR count). The number of rotatable bonds is 6. The fourth-order valence-electron chi connectivity index (χ4n) is 3.51. The minimum Gasteiger partial charge on any atom is -0.496 e. The van der Waals surface area contributed by atoms with E-state index in [2.05, 4.69) is 9.71 Å². The fraction of sp³-hybridized carbons (Fsp3) is 0.240. The summed E-state index contributed by atoms with van der Waals surface area (Å²) in [6.07, 6.45) is 5.12. The van der Waals surface area contributed by atoms with E-state index in [0.717, 1.165) is 30.1 Å². The van der Waals surface area contributed by atoms with Crippen LogP contribution in [0.4, 0.5) is 14.5 Å². The van der Waals surface area contributed by atoms with E-state index < -0.39 is 27.2 Å². The smallest absolute Gasteiger partial charge is 0.256 e. The average Bonchev–Trinajstić information content (AvgIpc) is 2.72. The minimum atomic E-state index is -3.53. The number of hydrogen-bond donors (Lipinski definition) is 2. The van der Waals surface area contributed by atoms with Gasteiger partial charge in [0, 0.05) is 28.5 Å². The van der Waals surface area contributed by atoms with E-state index in [-0.39, 0.29) is 22.2 Å². The number of aromatic nitrogens is 1. The molecule has 3 aromatic rings. The second-order valence-electron chi connectivity index (χ2n) is 8.90. The van der Waals surface area contributed by atoms with Crippen LogP contribution in [0.5, 0.6) is 5.75 Å². The van der Waals surface area contributed by atoms with Gasteiger partial charge in [0.05, 0.1) is 19.1 Å². The molecular formula is C25H26F2N2O4S. The van der Waals surface area contributed by atoms with Crippen LogP contribution >= 0.6 is 0 Å². The van der Waals surface area contributed by atoms with Crippen molar-refractivity contribution in [2.75, 3.05) is 18.1 Å². The van der Waals surface area contributed by atoms with Gasteiger partial charge >= 0.3 is 0 Å². The number of aromatic amines is 1. The maximum atomic E-state index is 14.6. The first-order valence-corrected chi connectivity index (χ1v) is 12.2. The third-order valence-electron chi connectivity index (χ3n) is 5.05. The number of methoxy groups -OCH3 is 1. The molecule has 2 N–H and O–H groups in total. The molecule has 1 heterocycles. The molecule has 0 radical (unpaired) electrons. The lowest BCUT2D eigenvalue weighted by Gasteiger charge is -2.24. The molecule has 6 nitrogen and oxygen atoms in total. The van der Waals surface area contributed by atoms with Gasteiger partial charge in [-0.2, -0.15) is 0 Å². The Morgan fingerprint density at radius 1 is 1.03 bits per heavy atom. The Kier molecular flexibility index (Phi) is 6.97. The van der Waals surface area contributed by atoms with E-state index in [0.29, 0.717) is 16.9 Å². The minimum absolute atomic E-state index is 0.108. The number of nitrogens with one attached hydrogen (secondary N) is 2. The Hall–Kier alpha value is -3.46. The highest BCUT2D eigenvalue weighted by molar-refractivity contribution is 7.92. The summed E-state index contributed by atoms with van der Waals surface area (Å²) in [6.45, 7) is 5.93. The van der Waals surface area contributed by atoms with Gasteiger partial charge in [0.25, 0.3) is 5.56 Å². The van der Waals surface area contributed by atoms with Crippen molar-refractivity contribution in [2.24, 2.45) is 0 Å². The van der Waals surface area contributed by atoms with Crippen LogP contribution in [0.25, 0.3) is 23.3 Å².